The normalized spacial score (nSPS) is 10.5. The first-order valence-electron chi connectivity index (χ1n) is 5.06. The fraction of sp³-hybridized carbons (Fsp3) is 0.364. The van der Waals surface area contributed by atoms with Gasteiger partial charge in [-0.15, -0.1) is 0 Å². The van der Waals surface area contributed by atoms with Crippen LogP contribution in [-0.2, 0) is 7.05 Å². The van der Waals surface area contributed by atoms with Crippen molar-refractivity contribution in [3.63, 3.8) is 0 Å². The Morgan fingerprint density at radius 2 is 1.75 bits per heavy atom. The highest BCUT2D eigenvalue weighted by Crippen LogP contribution is 2.27. The molecule has 0 bridgehead atoms. The molecule has 0 aliphatic rings. The number of aryl methyl sites for hydroxylation is 4. The molecule has 0 saturated heterocycles. The number of tetrazole rings is 1. The number of nitrogens with zero attached hydrogens (tertiary/aromatic N) is 4. The Hall–Kier alpha value is -1.91. The SMILES string of the molecule is Cc1cc(C)c(Oc2nnn(C)n2)c(C)c1. The van der Waals surface area contributed by atoms with Gasteiger partial charge in [-0.2, -0.15) is 4.80 Å². The third-order valence-electron chi connectivity index (χ3n) is 2.29. The molecule has 5 nitrogen and oxygen atoms in total. The van der Waals surface area contributed by atoms with Gasteiger partial charge < -0.3 is 4.74 Å². The quantitative estimate of drug-likeness (QED) is 0.772. The van der Waals surface area contributed by atoms with Gasteiger partial charge in [-0.1, -0.05) is 27.9 Å². The van der Waals surface area contributed by atoms with Crippen LogP contribution < -0.4 is 4.74 Å². The van der Waals surface area contributed by atoms with E-state index in [1.54, 1.807) is 7.05 Å². The monoisotopic (exact) mass is 218 g/mol. The van der Waals surface area contributed by atoms with Gasteiger partial charge in [0.05, 0.1) is 7.05 Å². The van der Waals surface area contributed by atoms with E-state index >= 15 is 0 Å². The van der Waals surface area contributed by atoms with Crippen LogP contribution in [0.2, 0.25) is 0 Å². The summed E-state index contributed by atoms with van der Waals surface area (Å²) in [5.41, 5.74) is 3.37. The molecule has 1 aromatic heterocycles. The van der Waals surface area contributed by atoms with Crippen molar-refractivity contribution in [1.82, 2.24) is 20.2 Å². The zero-order chi connectivity index (χ0) is 11.7. The van der Waals surface area contributed by atoms with Gasteiger partial charge in [-0.25, -0.2) is 0 Å². The van der Waals surface area contributed by atoms with Crippen molar-refractivity contribution < 1.29 is 4.74 Å². The van der Waals surface area contributed by atoms with Crippen LogP contribution in [-0.4, -0.2) is 20.2 Å². The maximum absolute atomic E-state index is 5.61. The van der Waals surface area contributed by atoms with E-state index in [9.17, 15) is 0 Å². The first-order chi connectivity index (χ1) is 7.56. The van der Waals surface area contributed by atoms with Gasteiger partial charge in [0.2, 0.25) is 0 Å². The number of hydrogen-bond acceptors (Lipinski definition) is 4. The molecule has 16 heavy (non-hydrogen) atoms. The minimum atomic E-state index is 0.276. The topological polar surface area (TPSA) is 52.8 Å². The molecule has 0 aliphatic heterocycles. The molecule has 0 N–H and O–H groups in total. The molecule has 0 saturated carbocycles. The smallest absolute Gasteiger partial charge is 0.361 e. The Morgan fingerprint density at radius 3 is 2.25 bits per heavy atom. The minimum Gasteiger partial charge on any atom is -0.422 e. The van der Waals surface area contributed by atoms with Crippen LogP contribution >= 0.6 is 0 Å². The Morgan fingerprint density at radius 1 is 1.12 bits per heavy atom. The molecule has 0 aliphatic carbocycles. The Kier molecular flexibility index (Phi) is 2.60. The van der Waals surface area contributed by atoms with Crippen molar-refractivity contribution in [2.75, 3.05) is 0 Å². The first-order valence-corrected chi connectivity index (χ1v) is 5.06. The second-order valence-electron chi connectivity index (χ2n) is 3.89. The average Bonchev–Trinajstić information content (AvgIpc) is 2.58. The Balaban J connectivity index is 2.34. The van der Waals surface area contributed by atoms with Crippen molar-refractivity contribution in [2.45, 2.75) is 20.8 Å². The molecule has 1 heterocycles. The molecule has 84 valence electrons. The van der Waals surface area contributed by atoms with Crippen LogP contribution in [0.25, 0.3) is 0 Å². The maximum Gasteiger partial charge on any atom is 0.361 e. The van der Waals surface area contributed by atoms with Gasteiger partial charge in [0, 0.05) is 0 Å². The summed E-state index contributed by atoms with van der Waals surface area (Å²) in [5, 5.41) is 11.5. The van der Waals surface area contributed by atoms with Crippen LogP contribution in [0.1, 0.15) is 16.7 Å². The molecular formula is C11H14N4O. The molecule has 0 fully saturated rings. The van der Waals surface area contributed by atoms with E-state index in [1.165, 1.54) is 10.4 Å². The summed E-state index contributed by atoms with van der Waals surface area (Å²) in [5.74, 6) is 0.804. The van der Waals surface area contributed by atoms with Crippen LogP contribution in [0.5, 0.6) is 11.8 Å². The molecule has 0 amide bonds. The van der Waals surface area contributed by atoms with Crippen LogP contribution in [0, 0.1) is 20.8 Å². The summed E-state index contributed by atoms with van der Waals surface area (Å²) in [6, 6.07) is 4.41. The maximum atomic E-state index is 5.61. The lowest BCUT2D eigenvalue weighted by Crippen LogP contribution is -1.95. The van der Waals surface area contributed by atoms with E-state index in [4.69, 9.17) is 4.74 Å². The van der Waals surface area contributed by atoms with Crippen molar-refractivity contribution in [1.29, 1.82) is 0 Å². The molecule has 0 unspecified atom stereocenters. The van der Waals surface area contributed by atoms with Gasteiger partial charge >= 0.3 is 6.01 Å². The molecule has 0 atom stereocenters. The van der Waals surface area contributed by atoms with E-state index in [2.05, 4.69) is 34.5 Å². The highest BCUT2D eigenvalue weighted by molar-refractivity contribution is 5.43. The largest absolute Gasteiger partial charge is 0.422 e. The molecule has 0 spiro atoms. The third-order valence-corrected chi connectivity index (χ3v) is 2.29. The second kappa shape index (κ2) is 3.92. The highest BCUT2D eigenvalue weighted by Gasteiger charge is 2.09. The standard InChI is InChI=1S/C11H14N4O/c1-7-5-8(2)10(9(3)6-7)16-11-12-14-15(4)13-11/h5-6H,1-4H3. The average molecular weight is 218 g/mol. The zero-order valence-electron chi connectivity index (χ0n) is 9.85. The number of rotatable bonds is 2. The fourth-order valence-corrected chi connectivity index (χ4v) is 1.73. The van der Waals surface area contributed by atoms with Gasteiger partial charge in [0.25, 0.3) is 0 Å². The lowest BCUT2D eigenvalue weighted by Gasteiger charge is -2.09. The Labute approximate surface area is 94.0 Å². The van der Waals surface area contributed by atoms with Gasteiger partial charge in [-0.3, -0.25) is 0 Å². The van der Waals surface area contributed by atoms with Crippen molar-refractivity contribution in [3.8, 4) is 11.8 Å². The van der Waals surface area contributed by atoms with Gasteiger partial charge in [0.1, 0.15) is 5.75 Å². The summed E-state index contributed by atoms with van der Waals surface area (Å²) >= 11 is 0. The summed E-state index contributed by atoms with van der Waals surface area (Å²) in [7, 11) is 1.70. The predicted molar refractivity (Wildman–Crippen MR) is 59.5 cm³/mol. The fourth-order valence-electron chi connectivity index (χ4n) is 1.73. The zero-order valence-corrected chi connectivity index (χ0v) is 9.85. The number of aromatic nitrogens is 4. The van der Waals surface area contributed by atoms with Crippen LogP contribution in [0.4, 0.5) is 0 Å². The number of hydrogen-bond donors (Lipinski definition) is 0. The summed E-state index contributed by atoms with van der Waals surface area (Å²) in [4.78, 5) is 1.37. The molecule has 5 heteroatoms. The summed E-state index contributed by atoms with van der Waals surface area (Å²) in [6.45, 7) is 6.07. The second-order valence-corrected chi connectivity index (χ2v) is 3.89. The van der Waals surface area contributed by atoms with E-state index in [1.807, 2.05) is 13.8 Å². The predicted octanol–water partition coefficient (Wildman–Crippen LogP) is 1.93. The van der Waals surface area contributed by atoms with E-state index in [-0.39, 0.29) is 6.01 Å². The van der Waals surface area contributed by atoms with Crippen LogP contribution in [0.15, 0.2) is 12.1 Å². The summed E-state index contributed by atoms with van der Waals surface area (Å²) in [6.07, 6.45) is 0. The lowest BCUT2D eigenvalue weighted by molar-refractivity contribution is 0.432. The highest BCUT2D eigenvalue weighted by atomic mass is 16.5. The first kappa shape index (κ1) is 10.6. The molecule has 1 aromatic carbocycles. The van der Waals surface area contributed by atoms with Crippen molar-refractivity contribution >= 4 is 0 Å². The lowest BCUT2D eigenvalue weighted by atomic mass is 10.1. The minimum absolute atomic E-state index is 0.276. The van der Waals surface area contributed by atoms with Gasteiger partial charge in [-0.05, 0) is 37.1 Å². The number of ether oxygens (including phenoxy) is 1. The van der Waals surface area contributed by atoms with E-state index < -0.39 is 0 Å². The van der Waals surface area contributed by atoms with E-state index in [0.29, 0.717) is 0 Å². The molecular weight excluding hydrogens is 204 g/mol. The number of benzene rings is 1. The molecule has 2 aromatic rings. The third kappa shape index (κ3) is 2.03. The molecule has 0 radical (unpaired) electrons. The van der Waals surface area contributed by atoms with E-state index in [0.717, 1.165) is 16.9 Å². The van der Waals surface area contributed by atoms with Gasteiger partial charge in [0.15, 0.2) is 0 Å². The summed E-state index contributed by atoms with van der Waals surface area (Å²) < 4.78 is 5.61. The van der Waals surface area contributed by atoms with Crippen molar-refractivity contribution in [3.05, 3.63) is 28.8 Å². The Bertz CT molecular complexity index is 495. The van der Waals surface area contributed by atoms with Crippen molar-refractivity contribution in [2.24, 2.45) is 7.05 Å². The molecule has 2 rings (SSSR count). The van der Waals surface area contributed by atoms with Crippen LogP contribution in [0.3, 0.4) is 0 Å².